The molecule has 0 amide bonds. The van der Waals surface area contributed by atoms with Crippen molar-refractivity contribution >= 4 is 16.7 Å². The summed E-state index contributed by atoms with van der Waals surface area (Å²) in [7, 11) is 0. The van der Waals surface area contributed by atoms with Crippen molar-refractivity contribution in [2.24, 2.45) is 0 Å². The summed E-state index contributed by atoms with van der Waals surface area (Å²) in [5.41, 5.74) is 0.118. The van der Waals surface area contributed by atoms with E-state index in [1.165, 1.54) is 6.07 Å². The lowest BCUT2D eigenvalue weighted by Crippen LogP contribution is -2.21. The van der Waals surface area contributed by atoms with Crippen molar-refractivity contribution in [3.8, 4) is 5.75 Å². The fourth-order valence-corrected chi connectivity index (χ4v) is 2.01. The van der Waals surface area contributed by atoms with Gasteiger partial charge in [-0.15, -0.1) is 0 Å². The molecule has 0 aromatic heterocycles. The van der Waals surface area contributed by atoms with Gasteiger partial charge in [-0.2, -0.15) is 0 Å². The molecule has 0 fully saturated rings. The molecule has 0 heterocycles. The summed E-state index contributed by atoms with van der Waals surface area (Å²) >= 11 is 0. The van der Waals surface area contributed by atoms with Gasteiger partial charge in [0.2, 0.25) is 0 Å². The standard InChI is InChI=1S/C14H14O5/c15-11(7-12(16)17)14(19)10-6-5-8-3-1-2-4-9(8)13(10)18/h1-6,11,14-15,18-19H,7H2,(H,16,17). The van der Waals surface area contributed by atoms with E-state index in [1.807, 2.05) is 6.07 Å². The number of phenols is 1. The number of hydrogen-bond donors (Lipinski definition) is 4. The quantitative estimate of drug-likeness (QED) is 0.668. The number of benzene rings is 2. The van der Waals surface area contributed by atoms with Crippen LogP contribution in [-0.4, -0.2) is 32.5 Å². The maximum atomic E-state index is 10.5. The summed E-state index contributed by atoms with van der Waals surface area (Å²) in [5, 5.41) is 39.5. The molecule has 0 aliphatic heterocycles. The van der Waals surface area contributed by atoms with Crippen LogP contribution in [0.1, 0.15) is 18.1 Å². The molecule has 4 N–H and O–H groups in total. The normalized spacial score (nSPS) is 14.2. The fraction of sp³-hybridized carbons (Fsp3) is 0.214. The Morgan fingerprint density at radius 2 is 1.79 bits per heavy atom. The first-order chi connectivity index (χ1) is 9.00. The van der Waals surface area contributed by atoms with Gasteiger partial charge in [0.1, 0.15) is 11.9 Å². The van der Waals surface area contributed by atoms with Crippen molar-refractivity contribution in [2.45, 2.75) is 18.6 Å². The van der Waals surface area contributed by atoms with Gasteiger partial charge in [0, 0.05) is 10.9 Å². The highest BCUT2D eigenvalue weighted by atomic mass is 16.4. The van der Waals surface area contributed by atoms with E-state index in [0.29, 0.717) is 5.39 Å². The maximum absolute atomic E-state index is 10.5. The third kappa shape index (κ3) is 2.67. The van der Waals surface area contributed by atoms with Crippen LogP contribution in [0.3, 0.4) is 0 Å². The van der Waals surface area contributed by atoms with Crippen LogP contribution in [0.5, 0.6) is 5.75 Å². The lowest BCUT2D eigenvalue weighted by molar-refractivity contribution is -0.141. The van der Waals surface area contributed by atoms with Crippen molar-refractivity contribution in [2.75, 3.05) is 0 Å². The predicted octanol–water partition coefficient (Wildman–Crippen LogP) is 1.41. The van der Waals surface area contributed by atoms with E-state index in [4.69, 9.17) is 5.11 Å². The summed E-state index contributed by atoms with van der Waals surface area (Å²) in [6.07, 6.45) is -3.50. The van der Waals surface area contributed by atoms with Gasteiger partial charge in [-0.25, -0.2) is 0 Å². The van der Waals surface area contributed by atoms with Crippen molar-refractivity contribution in [3.63, 3.8) is 0 Å². The molecule has 2 aromatic rings. The molecule has 5 nitrogen and oxygen atoms in total. The number of hydrogen-bond acceptors (Lipinski definition) is 4. The monoisotopic (exact) mass is 262 g/mol. The minimum absolute atomic E-state index is 0.118. The lowest BCUT2D eigenvalue weighted by Gasteiger charge is -2.18. The zero-order valence-corrected chi connectivity index (χ0v) is 10.0. The minimum Gasteiger partial charge on any atom is -0.507 e. The van der Waals surface area contributed by atoms with Crippen LogP contribution >= 0.6 is 0 Å². The Labute approximate surface area is 109 Å². The van der Waals surface area contributed by atoms with Gasteiger partial charge < -0.3 is 20.4 Å². The molecule has 0 aliphatic rings. The van der Waals surface area contributed by atoms with Crippen LogP contribution < -0.4 is 0 Å². The number of carbonyl (C=O) groups is 1. The Morgan fingerprint density at radius 3 is 2.47 bits per heavy atom. The van der Waals surface area contributed by atoms with E-state index in [-0.39, 0.29) is 11.3 Å². The highest BCUT2D eigenvalue weighted by Gasteiger charge is 2.24. The number of fused-ring (bicyclic) bond motifs is 1. The number of carboxylic acid groups (broad SMARTS) is 1. The average molecular weight is 262 g/mol. The first-order valence-corrected chi connectivity index (χ1v) is 5.79. The van der Waals surface area contributed by atoms with E-state index >= 15 is 0 Å². The molecule has 0 saturated carbocycles. The Kier molecular flexibility index (Phi) is 3.69. The Hall–Kier alpha value is -2.11. The number of carboxylic acids is 1. The molecule has 5 heteroatoms. The Bertz CT molecular complexity index is 608. The molecule has 2 rings (SSSR count). The van der Waals surface area contributed by atoms with Crippen molar-refractivity contribution in [3.05, 3.63) is 42.0 Å². The number of rotatable bonds is 4. The van der Waals surface area contributed by atoms with E-state index in [0.717, 1.165) is 5.39 Å². The zero-order chi connectivity index (χ0) is 14.0. The van der Waals surface area contributed by atoms with E-state index in [2.05, 4.69) is 0 Å². The van der Waals surface area contributed by atoms with E-state index in [1.54, 1.807) is 24.3 Å². The largest absolute Gasteiger partial charge is 0.507 e. The second-order valence-corrected chi connectivity index (χ2v) is 4.33. The van der Waals surface area contributed by atoms with Gasteiger partial charge >= 0.3 is 5.97 Å². The van der Waals surface area contributed by atoms with Gasteiger partial charge in [-0.1, -0.05) is 36.4 Å². The first-order valence-electron chi connectivity index (χ1n) is 5.79. The SMILES string of the molecule is O=C(O)CC(O)C(O)c1ccc2ccccc2c1O. The second-order valence-electron chi connectivity index (χ2n) is 4.33. The van der Waals surface area contributed by atoms with Crippen molar-refractivity contribution < 1.29 is 25.2 Å². The summed E-state index contributed by atoms with van der Waals surface area (Å²) < 4.78 is 0. The molecular weight excluding hydrogens is 248 g/mol. The van der Waals surface area contributed by atoms with Crippen LogP contribution in [-0.2, 0) is 4.79 Å². The Balaban J connectivity index is 2.39. The van der Waals surface area contributed by atoms with Crippen LogP contribution in [0.15, 0.2) is 36.4 Å². The third-order valence-corrected chi connectivity index (χ3v) is 3.00. The highest BCUT2D eigenvalue weighted by Crippen LogP contribution is 2.34. The van der Waals surface area contributed by atoms with Crippen LogP contribution in [0.2, 0.25) is 0 Å². The van der Waals surface area contributed by atoms with Crippen LogP contribution in [0.25, 0.3) is 10.8 Å². The van der Waals surface area contributed by atoms with Crippen molar-refractivity contribution in [1.29, 1.82) is 0 Å². The molecule has 2 aromatic carbocycles. The summed E-state index contributed by atoms with van der Waals surface area (Å²) in [6, 6.07) is 10.2. The highest BCUT2D eigenvalue weighted by molar-refractivity contribution is 5.89. The number of phenolic OH excluding ortho intramolecular Hbond substituents is 1. The van der Waals surface area contributed by atoms with E-state index < -0.39 is 24.6 Å². The molecule has 100 valence electrons. The number of aliphatic carboxylic acids is 1. The summed E-state index contributed by atoms with van der Waals surface area (Å²) in [4.78, 5) is 10.5. The fourth-order valence-electron chi connectivity index (χ4n) is 2.01. The minimum atomic E-state index is -1.47. The predicted molar refractivity (Wildman–Crippen MR) is 68.8 cm³/mol. The molecule has 0 spiro atoms. The second kappa shape index (κ2) is 5.26. The summed E-state index contributed by atoms with van der Waals surface area (Å²) in [6.45, 7) is 0. The molecule has 0 aliphatic carbocycles. The van der Waals surface area contributed by atoms with Gasteiger partial charge in [-0.3, -0.25) is 4.79 Å². The maximum Gasteiger partial charge on any atom is 0.306 e. The van der Waals surface area contributed by atoms with Crippen molar-refractivity contribution in [1.82, 2.24) is 0 Å². The lowest BCUT2D eigenvalue weighted by atomic mass is 9.97. The molecule has 0 bridgehead atoms. The average Bonchev–Trinajstić information content (AvgIpc) is 2.38. The molecule has 19 heavy (non-hydrogen) atoms. The zero-order valence-electron chi connectivity index (χ0n) is 10.0. The first kappa shape index (κ1) is 13.3. The summed E-state index contributed by atoms with van der Waals surface area (Å²) in [5.74, 6) is -1.36. The molecule has 0 saturated heterocycles. The molecule has 2 unspecified atom stereocenters. The van der Waals surface area contributed by atoms with Crippen LogP contribution in [0.4, 0.5) is 0 Å². The molecular formula is C14H14O5. The van der Waals surface area contributed by atoms with E-state index in [9.17, 15) is 20.1 Å². The Morgan fingerprint density at radius 1 is 1.11 bits per heavy atom. The third-order valence-electron chi connectivity index (χ3n) is 3.00. The van der Waals surface area contributed by atoms with Crippen LogP contribution in [0, 0.1) is 0 Å². The van der Waals surface area contributed by atoms with Gasteiger partial charge in [-0.05, 0) is 5.39 Å². The molecule has 2 atom stereocenters. The molecule has 0 radical (unpaired) electrons. The van der Waals surface area contributed by atoms with Gasteiger partial charge in [0.05, 0.1) is 12.5 Å². The van der Waals surface area contributed by atoms with Gasteiger partial charge in [0.25, 0.3) is 0 Å². The number of aliphatic hydroxyl groups excluding tert-OH is 2. The number of aromatic hydroxyl groups is 1. The number of aliphatic hydroxyl groups is 2. The van der Waals surface area contributed by atoms with Gasteiger partial charge in [0.15, 0.2) is 0 Å². The topological polar surface area (TPSA) is 98.0 Å². The smallest absolute Gasteiger partial charge is 0.306 e.